The topological polar surface area (TPSA) is 58.2 Å². The standard InChI is InChI=1S/C13H18N2O2S/c1-13(8-9-13)14-11-4-2-3-5-12(11)18(16,17)15-10-6-7-10/h2-5,10,14-15H,6-9H2,1H3. The number of sulfonamides is 1. The number of benzene rings is 1. The van der Waals surface area contributed by atoms with Gasteiger partial charge in [0.1, 0.15) is 4.90 Å². The van der Waals surface area contributed by atoms with Crippen molar-refractivity contribution < 1.29 is 8.42 Å². The van der Waals surface area contributed by atoms with Crippen molar-refractivity contribution in [2.75, 3.05) is 5.32 Å². The summed E-state index contributed by atoms with van der Waals surface area (Å²) in [6.07, 6.45) is 4.09. The molecule has 0 radical (unpaired) electrons. The molecule has 2 N–H and O–H groups in total. The van der Waals surface area contributed by atoms with E-state index in [0.29, 0.717) is 10.6 Å². The Balaban J connectivity index is 1.90. The molecule has 1 aromatic carbocycles. The van der Waals surface area contributed by atoms with Crippen LogP contribution in [0.5, 0.6) is 0 Å². The molecule has 2 aliphatic carbocycles. The third kappa shape index (κ3) is 2.52. The molecule has 0 spiro atoms. The van der Waals surface area contributed by atoms with Gasteiger partial charge in [-0.1, -0.05) is 12.1 Å². The van der Waals surface area contributed by atoms with E-state index in [1.165, 1.54) is 0 Å². The molecule has 4 nitrogen and oxygen atoms in total. The molecule has 3 rings (SSSR count). The van der Waals surface area contributed by atoms with Crippen LogP contribution in [0.1, 0.15) is 32.6 Å². The van der Waals surface area contributed by atoms with E-state index in [-0.39, 0.29) is 11.6 Å². The van der Waals surface area contributed by atoms with Gasteiger partial charge in [-0.15, -0.1) is 0 Å². The van der Waals surface area contributed by atoms with Gasteiger partial charge in [-0.05, 0) is 44.7 Å². The van der Waals surface area contributed by atoms with Crippen molar-refractivity contribution >= 4 is 15.7 Å². The third-order valence-corrected chi connectivity index (χ3v) is 5.09. The summed E-state index contributed by atoms with van der Waals surface area (Å²) < 4.78 is 27.2. The number of para-hydroxylation sites is 1. The summed E-state index contributed by atoms with van der Waals surface area (Å²) in [7, 11) is -3.38. The van der Waals surface area contributed by atoms with E-state index < -0.39 is 10.0 Å². The lowest BCUT2D eigenvalue weighted by atomic mass is 10.2. The van der Waals surface area contributed by atoms with Crippen LogP contribution in [0.25, 0.3) is 0 Å². The minimum atomic E-state index is -3.38. The first kappa shape index (κ1) is 12.0. The molecule has 98 valence electrons. The van der Waals surface area contributed by atoms with Crippen molar-refractivity contribution in [1.29, 1.82) is 0 Å². The van der Waals surface area contributed by atoms with Gasteiger partial charge in [-0.2, -0.15) is 0 Å². The van der Waals surface area contributed by atoms with E-state index >= 15 is 0 Å². The average Bonchev–Trinajstić information content (AvgIpc) is 3.20. The highest BCUT2D eigenvalue weighted by atomic mass is 32.2. The first-order valence-corrected chi connectivity index (χ1v) is 7.86. The molecule has 1 aromatic rings. The molecule has 0 unspecified atom stereocenters. The molecule has 2 fully saturated rings. The highest BCUT2D eigenvalue weighted by Gasteiger charge is 2.38. The molecule has 0 saturated heterocycles. The molecular weight excluding hydrogens is 248 g/mol. The zero-order valence-corrected chi connectivity index (χ0v) is 11.3. The van der Waals surface area contributed by atoms with E-state index in [2.05, 4.69) is 17.0 Å². The SMILES string of the molecule is CC1(Nc2ccccc2S(=O)(=O)NC2CC2)CC1. The summed E-state index contributed by atoms with van der Waals surface area (Å²) in [4.78, 5) is 0.366. The summed E-state index contributed by atoms with van der Waals surface area (Å²) >= 11 is 0. The number of hydrogen-bond acceptors (Lipinski definition) is 3. The van der Waals surface area contributed by atoms with Gasteiger partial charge in [0.05, 0.1) is 5.69 Å². The molecule has 2 saturated carbocycles. The van der Waals surface area contributed by atoms with E-state index in [9.17, 15) is 8.42 Å². The average molecular weight is 266 g/mol. The van der Waals surface area contributed by atoms with Crippen molar-refractivity contribution in [2.24, 2.45) is 0 Å². The van der Waals surface area contributed by atoms with Gasteiger partial charge in [0, 0.05) is 11.6 Å². The maximum Gasteiger partial charge on any atom is 0.242 e. The Kier molecular flexibility index (Phi) is 2.64. The summed E-state index contributed by atoms with van der Waals surface area (Å²) in [5, 5.41) is 3.34. The molecule has 0 bridgehead atoms. The van der Waals surface area contributed by atoms with Crippen molar-refractivity contribution in [3.63, 3.8) is 0 Å². The molecule has 2 aliphatic rings. The van der Waals surface area contributed by atoms with Crippen LogP contribution in [0.3, 0.4) is 0 Å². The number of hydrogen-bond donors (Lipinski definition) is 2. The van der Waals surface area contributed by atoms with E-state index in [0.717, 1.165) is 25.7 Å². The van der Waals surface area contributed by atoms with Gasteiger partial charge in [0.15, 0.2) is 0 Å². The fourth-order valence-corrected chi connectivity index (χ4v) is 3.39. The van der Waals surface area contributed by atoms with Gasteiger partial charge in [0.25, 0.3) is 0 Å². The summed E-state index contributed by atoms with van der Waals surface area (Å²) in [6, 6.07) is 7.27. The molecule has 0 heterocycles. The van der Waals surface area contributed by atoms with Crippen LogP contribution < -0.4 is 10.0 Å². The molecule has 5 heteroatoms. The normalized spacial score (nSPS) is 21.6. The summed E-state index contributed by atoms with van der Waals surface area (Å²) in [5.74, 6) is 0. The second-order valence-corrected chi connectivity index (χ2v) is 7.26. The van der Waals surface area contributed by atoms with Crippen molar-refractivity contribution in [1.82, 2.24) is 4.72 Å². The Hall–Kier alpha value is -1.07. The second kappa shape index (κ2) is 3.96. The Morgan fingerprint density at radius 2 is 1.89 bits per heavy atom. The first-order valence-electron chi connectivity index (χ1n) is 6.38. The minimum Gasteiger partial charge on any atom is -0.379 e. The molecule has 0 amide bonds. The Morgan fingerprint density at radius 1 is 1.22 bits per heavy atom. The van der Waals surface area contributed by atoms with Gasteiger partial charge >= 0.3 is 0 Å². The maximum atomic E-state index is 12.3. The molecule has 0 atom stereocenters. The number of rotatable bonds is 5. The largest absolute Gasteiger partial charge is 0.379 e. The van der Waals surface area contributed by atoms with Crippen LogP contribution in [0.15, 0.2) is 29.2 Å². The molecule has 0 aliphatic heterocycles. The second-order valence-electron chi connectivity index (χ2n) is 5.58. The fourth-order valence-electron chi connectivity index (χ4n) is 1.93. The van der Waals surface area contributed by atoms with Crippen LogP contribution in [0, 0.1) is 0 Å². The Labute approximate surface area is 108 Å². The predicted octanol–water partition coefficient (Wildman–Crippen LogP) is 2.09. The van der Waals surface area contributed by atoms with Gasteiger partial charge in [-0.3, -0.25) is 0 Å². The van der Waals surface area contributed by atoms with Crippen LogP contribution >= 0.6 is 0 Å². The van der Waals surface area contributed by atoms with Crippen LogP contribution in [-0.2, 0) is 10.0 Å². The van der Waals surface area contributed by atoms with Crippen molar-refractivity contribution in [3.8, 4) is 0 Å². The van der Waals surface area contributed by atoms with Gasteiger partial charge in [-0.25, -0.2) is 13.1 Å². The Morgan fingerprint density at radius 3 is 2.50 bits per heavy atom. The first-order chi connectivity index (χ1) is 8.49. The van der Waals surface area contributed by atoms with Crippen LogP contribution in [-0.4, -0.2) is 20.0 Å². The third-order valence-electron chi connectivity index (χ3n) is 3.51. The zero-order chi connectivity index (χ0) is 12.8. The minimum absolute atomic E-state index is 0.0746. The van der Waals surface area contributed by atoms with E-state index in [1.807, 2.05) is 12.1 Å². The lowest BCUT2D eigenvalue weighted by Crippen LogP contribution is -2.27. The number of anilines is 1. The lowest BCUT2D eigenvalue weighted by Gasteiger charge is -2.17. The lowest BCUT2D eigenvalue weighted by molar-refractivity contribution is 0.581. The zero-order valence-electron chi connectivity index (χ0n) is 10.4. The van der Waals surface area contributed by atoms with Gasteiger partial charge < -0.3 is 5.32 Å². The highest BCUT2D eigenvalue weighted by Crippen LogP contribution is 2.39. The maximum absolute atomic E-state index is 12.3. The number of nitrogens with one attached hydrogen (secondary N) is 2. The summed E-state index contributed by atoms with van der Waals surface area (Å²) in [5.41, 5.74) is 0.788. The molecular formula is C13H18N2O2S. The van der Waals surface area contributed by atoms with Crippen molar-refractivity contribution in [2.45, 2.75) is 49.1 Å². The van der Waals surface area contributed by atoms with Crippen LogP contribution in [0.2, 0.25) is 0 Å². The predicted molar refractivity (Wildman–Crippen MR) is 71.0 cm³/mol. The van der Waals surface area contributed by atoms with Crippen molar-refractivity contribution in [3.05, 3.63) is 24.3 Å². The molecule has 18 heavy (non-hydrogen) atoms. The van der Waals surface area contributed by atoms with Crippen LogP contribution in [0.4, 0.5) is 5.69 Å². The molecule has 0 aromatic heterocycles. The monoisotopic (exact) mass is 266 g/mol. The smallest absolute Gasteiger partial charge is 0.242 e. The highest BCUT2D eigenvalue weighted by molar-refractivity contribution is 7.89. The summed E-state index contributed by atoms with van der Waals surface area (Å²) in [6.45, 7) is 2.12. The Bertz CT molecular complexity index is 560. The van der Waals surface area contributed by atoms with E-state index in [4.69, 9.17) is 0 Å². The fraction of sp³-hybridized carbons (Fsp3) is 0.538. The van der Waals surface area contributed by atoms with E-state index in [1.54, 1.807) is 12.1 Å². The quantitative estimate of drug-likeness (QED) is 0.858. The van der Waals surface area contributed by atoms with Gasteiger partial charge in [0.2, 0.25) is 10.0 Å².